The van der Waals surface area contributed by atoms with Gasteiger partial charge in [-0.05, 0) is 50.4 Å². The summed E-state index contributed by atoms with van der Waals surface area (Å²) in [5, 5.41) is 0. The molecule has 0 aliphatic carbocycles. The number of hydrogen-bond acceptors (Lipinski definition) is 2. The first-order chi connectivity index (χ1) is 13.0. The Hall–Kier alpha value is -0.650. The first-order valence-corrected chi connectivity index (χ1v) is 11.8. The molecule has 154 valence electrons. The van der Waals surface area contributed by atoms with E-state index in [1.54, 1.807) is 5.57 Å². The minimum absolute atomic E-state index is 0.241. The zero-order chi connectivity index (χ0) is 20.1. The minimum atomic E-state index is 0.241. The summed E-state index contributed by atoms with van der Waals surface area (Å²) in [5.74, 6) is 5.45. The average Bonchev–Trinajstić information content (AvgIpc) is 2.82. The Kier molecular flexibility index (Phi) is 13.0. The van der Waals surface area contributed by atoms with E-state index in [0.29, 0.717) is 5.92 Å². The maximum absolute atomic E-state index is 5.76. The van der Waals surface area contributed by atoms with Gasteiger partial charge in [0.1, 0.15) is 0 Å². The predicted octanol–water partition coefficient (Wildman–Crippen LogP) is 7.11. The molecule has 0 N–H and O–H groups in total. The molecule has 0 aromatic carbocycles. The fourth-order valence-corrected chi connectivity index (χ4v) is 4.51. The van der Waals surface area contributed by atoms with Crippen LogP contribution < -0.4 is 0 Å². The Balaban J connectivity index is 2.49. The van der Waals surface area contributed by atoms with Crippen molar-refractivity contribution in [2.75, 3.05) is 19.0 Å². The molecule has 0 radical (unpaired) electrons. The lowest BCUT2D eigenvalue weighted by molar-refractivity contribution is 0.290. The highest BCUT2D eigenvalue weighted by Gasteiger charge is 2.21. The van der Waals surface area contributed by atoms with Gasteiger partial charge in [-0.15, -0.1) is 6.42 Å². The largest absolute Gasteiger partial charge is 0.292 e. The van der Waals surface area contributed by atoms with Gasteiger partial charge in [0.15, 0.2) is 0 Å². The third kappa shape index (κ3) is 9.91. The minimum Gasteiger partial charge on any atom is -0.292 e. The Morgan fingerprint density at radius 1 is 1.22 bits per heavy atom. The van der Waals surface area contributed by atoms with E-state index in [1.165, 1.54) is 69.8 Å². The summed E-state index contributed by atoms with van der Waals surface area (Å²) in [4.78, 5) is 2.38. The van der Waals surface area contributed by atoms with Crippen LogP contribution in [0.4, 0.5) is 0 Å². The molecule has 0 aromatic heterocycles. The van der Waals surface area contributed by atoms with E-state index in [2.05, 4.69) is 56.9 Å². The molecule has 1 aliphatic rings. The van der Waals surface area contributed by atoms with Crippen LogP contribution in [0, 0.1) is 30.1 Å². The molecule has 0 bridgehead atoms. The highest BCUT2D eigenvalue weighted by Crippen LogP contribution is 2.28. The topological polar surface area (TPSA) is 3.24 Å². The van der Waals surface area contributed by atoms with Gasteiger partial charge in [-0.3, -0.25) is 4.90 Å². The van der Waals surface area contributed by atoms with Gasteiger partial charge >= 0.3 is 0 Å². The molecule has 1 heterocycles. The molecule has 3 atom stereocenters. The number of rotatable bonds is 13. The summed E-state index contributed by atoms with van der Waals surface area (Å²) in [6, 6.07) is 0. The second-order valence-electron chi connectivity index (χ2n) is 8.53. The standard InChI is InChI=1S/C25H43NS/c1-6-9-12-21(4)15-16-24(11-7-2)13-10-14-25-17-23(8-3)19-26(20-27)18-22(25)5/h3,17,22-24,27H,4,6-7,9-16,18-20H2,1-2,5H3/t22-,23+,24?/m1/s1. The smallest absolute Gasteiger partial charge is 0.0510 e. The SMILES string of the molecule is C#C[C@H]1C=C(CCCC(CCC)CCC(=C)CCCC)[C@H](C)CN(CS)C1. The monoisotopic (exact) mass is 389 g/mol. The van der Waals surface area contributed by atoms with Crippen LogP contribution >= 0.6 is 12.6 Å². The van der Waals surface area contributed by atoms with E-state index in [4.69, 9.17) is 6.42 Å². The van der Waals surface area contributed by atoms with Crippen molar-refractivity contribution in [3.63, 3.8) is 0 Å². The quantitative estimate of drug-likeness (QED) is 0.199. The van der Waals surface area contributed by atoms with Crippen molar-refractivity contribution in [2.24, 2.45) is 17.8 Å². The average molecular weight is 390 g/mol. The van der Waals surface area contributed by atoms with Crippen LogP contribution in [0.5, 0.6) is 0 Å². The second kappa shape index (κ2) is 14.4. The molecule has 1 nitrogen and oxygen atoms in total. The Morgan fingerprint density at radius 2 is 2.00 bits per heavy atom. The summed E-state index contributed by atoms with van der Waals surface area (Å²) in [7, 11) is 0. The fraction of sp³-hybridized carbons (Fsp3) is 0.760. The van der Waals surface area contributed by atoms with E-state index < -0.39 is 0 Å². The van der Waals surface area contributed by atoms with Crippen molar-refractivity contribution in [1.29, 1.82) is 0 Å². The van der Waals surface area contributed by atoms with Gasteiger partial charge in [-0.1, -0.05) is 76.2 Å². The number of allylic oxidation sites excluding steroid dienone is 1. The maximum atomic E-state index is 5.76. The van der Waals surface area contributed by atoms with Gasteiger partial charge in [0.2, 0.25) is 0 Å². The van der Waals surface area contributed by atoms with Gasteiger partial charge in [0.05, 0.1) is 5.92 Å². The van der Waals surface area contributed by atoms with E-state index >= 15 is 0 Å². The summed E-state index contributed by atoms with van der Waals surface area (Å²) in [5.41, 5.74) is 3.03. The normalized spacial score (nSPS) is 22.0. The molecule has 1 unspecified atom stereocenters. The Morgan fingerprint density at radius 3 is 2.63 bits per heavy atom. The summed E-state index contributed by atoms with van der Waals surface area (Å²) in [6.07, 6.45) is 21.0. The zero-order valence-corrected chi connectivity index (χ0v) is 19.1. The van der Waals surface area contributed by atoms with E-state index in [1.807, 2.05) is 0 Å². The van der Waals surface area contributed by atoms with Gasteiger partial charge in [0, 0.05) is 19.0 Å². The number of nitrogens with zero attached hydrogens (tertiary/aromatic N) is 1. The molecule has 2 heteroatoms. The van der Waals surface area contributed by atoms with E-state index in [-0.39, 0.29) is 5.92 Å². The molecule has 1 rings (SSSR count). The number of hydrogen-bond donors (Lipinski definition) is 1. The highest BCUT2D eigenvalue weighted by atomic mass is 32.1. The van der Waals surface area contributed by atoms with Crippen LogP contribution in [0.15, 0.2) is 23.8 Å². The highest BCUT2D eigenvalue weighted by molar-refractivity contribution is 7.80. The van der Waals surface area contributed by atoms with Crippen molar-refractivity contribution in [3.8, 4) is 12.3 Å². The van der Waals surface area contributed by atoms with Crippen molar-refractivity contribution in [2.45, 2.75) is 85.0 Å². The summed E-state index contributed by atoms with van der Waals surface area (Å²) >= 11 is 4.47. The first-order valence-electron chi connectivity index (χ1n) is 11.2. The third-order valence-electron chi connectivity index (χ3n) is 6.01. The lowest BCUT2D eigenvalue weighted by Gasteiger charge is -2.23. The molecule has 0 spiro atoms. The lowest BCUT2D eigenvalue weighted by Crippen LogP contribution is -2.29. The van der Waals surface area contributed by atoms with Crippen LogP contribution in [0.2, 0.25) is 0 Å². The number of thiol groups is 1. The van der Waals surface area contributed by atoms with Crippen molar-refractivity contribution < 1.29 is 0 Å². The molecule has 1 aliphatic heterocycles. The van der Waals surface area contributed by atoms with Gasteiger partial charge in [-0.25, -0.2) is 0 Å². The number of terminal acetylenes is 1. The van der Waals surface area contributed by atoms with Gasteiger partial charge < -0.3 is 0 Å². The van der Waals surface area contributed by atoms with E-state index in [9.17, 15) is 0 Å². The first kappa shape index (κ1) is 24.4. The van der Waals surface area contributed by atoms with Gasteiger partial charge in [-0.2, -0.15) is 12.6 Å². The molecule has 0 saturated heterocycles. The van der Waals surface area contributed by atoms with Crippen molar-refractivity contribution in [3.05, 3.63) is 23.8 Å². The van der Waals surface area contributed by atoms with Crippen molar-refractivity contribution >= 4 is 12.6 Å². The van der Waals surface area contributed by atoms with Crippen LogP contribution in [0.1, 0.15) is 85.0 Å². The molecule has 0 aromatic rings. The molecule has 0 amide bonds. The molecular formula is C25H43NS. The molecule has 0 saturated carbocycles. The maximum Gasteiger partial charge on any atom is 0.0510 e. The van der Waals surface area contributed by atoms with Crippen molar-refractivity contribution in [1.82, 2.24) is 4.90 Å². The van der Waals surface area contributed by atoms with Crippen LogP contribution in [-0.4, -0.2) is 23.9 Å². The Bertz CT molecular complexity index is 487. The lowest BCUT2D eigenvalue weighted by atomic mass is 9.87. The fourth-order valence-electron chi connectivity index (χ4n) is 4.27. The molecule has 27 heavy (non-hydrogen) atoms. The molecule has 0 fully saturated rings. The zero-order valence-electron chi connectivity index (χ0n) is 18.2. The van der Waals surface area contributed by atoms with Gasteiger partial charge in [0.25, 0.3) is 0 Å². The molecular weight excluding hydrogens is 346 g/mol. The third-order valence-corrected chi connectivity index (χ3v) is 6.41. The van der Waals surface area contributed by atoms with Crippen LogP contribution in [0.25, 0.3) is 0 Å². The van der Waals surface area contributed by atoms with Crippen LogP contribution in [-0.2, 0) is 0 Å². The van der Waals surface area contributed by atoms with Crippen LogP contribution in [0.3, 0.4) is 0 Å². The predicted molar refractivity (Wildman–Crippen MR) is 125 cm³/mol. The summed E-state index contributed by atoms with van der Waals surface area (Å²) < 4.78 is 0. The van der Waals surface area contributed by atoms with E-state index in [0.717, 1.165) is 24.9 Å². The Labute approximate surface area is 175 Å². The second-order valence-corrected chi connectivity index (χ2v) is 8.82. The number of unbranched alkanes of at least 4 members (excludes halogenated alkanes) is 1. The summed E-state index contributed by atoms with van der Waals surface area (Å²) in [6.45, 7) is 13.3.